The van der Waals surface area contributed by atoms with Gasteiger partial charge in [-0.3, -0.25) is 0 Å². The SMILES string of the molecule is COc1ccccc1C=Nc1nc(-c2ccc(C)cc2)c(-c2ccccc2)s1. The lowest BCUT2D eigenvalue weighted by atomic mass is 10.1. The van der Waals surface area contributed by atoms with E-state index in [4.69, 9.17) is 9.72 Å². The number of rotatable bonds is 5. The van der Waals surface area contributed by atoms with Crippen LogP contribution in [0.5, 0.6) is 5.75 Å². The van der Waals surface area contributed by atoms with Crippen molar-refractivity contribution in [3.8, 4) is 27.4 Å². The predicted molar refractivity (Wildman–Crippen MR) is 118 cm³/mol. The Morgan fingerprint density at radius 1 is 0.857 bits per heavy atom. The minimum Gasteiger partial charge on any atom is -0.496 e. The van der Waals surface area contributed by atoms with Gasteiger partial charge in [0.25, 0.3) is 0 Å². The molecule has 4 heteroatoms. The fraction of sp³-hybridized carbons (Fsp3) is 0.0833. The van der Waals surface area contributed by atoms with Gasteiger partial charge in [0.05, 0.1) is 17.7 Å². The van der Waals surface area contributed by atoms with Gasteiger partial charge in [0.1, 0.15) is 5.75 Å². The summed E-state index contributed by atoms with van der Waals surface area (Å²) < 4.78 is 5.40. The molecule has 3 aromatic carbocycles. The molecule has 0 bridgehead atoms. The van der Waals surface area contributed by atoms with Crippen molar-refractivity contribution in [2.45, 2.75) is 6.92 Å². The van der Waals surface area contributed by atoms with Crippen LogP contribution in [0.4, 0.5) is 5.13 Å². The number of nitrogens with zero attached hydrogens (tertiary/aromatic N) is 2. The standard InChI is InChI=1S/C24H20N2OS/c1-17-12-14-18(15-13-17)22-23(19-8-4-3-5-9-19)28-24(26-22)25-16-20-10-6-7-11-21(20)27-2/h3-16H,1-2H3. The van der Waals surface area contributed by atoms with Crippen molar-refractivity contribution in [1.82, 2.24) is 4.98 Å². The second-order valence-electron chi connectivity index (χ2n) is 6.41. The summed E-state index contributed by atoms with van der Waals surface area (Å²) in [7, 11) is 1.67. The highest BCUT2D eigenvalue weighted by Crippen LogP contribution is 2.40. The third-order valence-electron chi connectivity index (χ3n) is 4.43. The minimum absolute atomic E-state index is 0.723. The molecule has 0 unspecified atom stereocenters. The summed E-state index contributed by atoms with van der Waals surface area (Å²) in [5.41, 5.74) is 5.37. The molecule has 1 aromatic heterocycles. The average Bonchev–Trinajstić information content (AvgIpc) is 3.18. The number of ether oxygens (including phenoxy) is 1. The minimum atomic E-state index is 0.723. The molecular weight excluding hydrogens is 364 g/mol. The second kappa shape index (κ2) is 8.19. The Morgan fingerprint density at radius 2 is 1.57 bits per heavy atom. The van der Waals surface area contributed by atoms with Crippen LogP contribution in [0, 0.1) is 6.92 Å². The van der Waals surface area contributed by atoms with Crippen LogP contribution in [-0.4, -0.2) is 18.3 Å². The van der Waals surface area contributed by atoms with Gasteiger partial charge in [-0.25, -0.2) is 9.98 Å². The smallest absolute Gasteiger partial charge is 0.210 e. The molecule has 0 aliphatic heterocycles. The van der Waals surface area contributed by atoms with Crippen molar-refractivity contribution in [3.05, 3.63) is 90.0 Å². The van der Waals surface area contributed by atoms with Gasteiger partial charge < -0.3 is 4.74 Å². The number of aromatic nitrogens is 1. The number of benzene rings is 3. The first-order valence-electron chi connectivity index (χ1n) is 9.05. The Labute approximate surface area is 169 Å². The zero-order valence-corrected chi connectivity index (χ0v) is 16.6. The van der Waals surface area contributed by atoms with Crippen LogP contribution in [0.25, 0.3) is 21.7 Å². The molecule has 0 radical (unpaired) electrons. The van der Waals surface area contributed by atoms with E-state index >= 15 is 0 Å². The Balaban J connectivity index is 1.77. The maximum Gasteiger partial charge on any atom is 0.210 e. The predicted octanol–water partition coefficient (Wildman–Crippen LogP) is 6.54. The van der Waals surface area contributed by atoms with E-state index in [1.807, 2.05) is 48.7 Å². The summed E-state index contributed by atoms with van der Waals surface area (Å²) >= 11 is 1.59. The van der Waals surface area contributed by atoms with E-state index in [9.17, 15) is 0 Å². The van der Waals surface area contributed by atoms with Gasteiger partial charge in [-0.05, 0) is 24.6 Å². The van der Waals surface area contributed by atoms with E-state index in [1.165, 1.54) is 5.56 Å². The first-order chi connectivity index (χ1) is 13.7. The summed E-state index contributed by atoms with van der Waals surface area (Å²) in [6, 6.07) is 26.6. The zero-order chi connectivity index (χ0) is 19.3. The number of aryl methyl sites for hydroxylation is 1. The topological polar surface area (TPSA) is 34.5 Å². The molecule has 138 valence electrons. The third kappa shape index (κ3) is 3.87. The van der Waals surface area contributed by atoms with Gasteiger partial charge in [-0.2, -0.15) is 0 Å². The first-order valence-corrected chi connectivity index (χ1v) is 9.86. The first kappa shape index (κ1) is 18.1. The van der Waals surface area contributed by atoms with Crippen molar-refractivity contribution in [3.63, 3.8) is 0 Å². The molecule has 0 fully saturated rings. The molecule has 0 spiro atoms. The molecule has 0 saturated carbocycles. The Hall–Kier alpha value is -3.24. The molecule has 0 aliphatic rings. The summed E-state index contributed by atoms with van der Waals surface area (Å²) in [6.07, 6.45) is 1.81. The highest BCUT2D eigenvalue weighted by molar-refractivity contribution is 7.19. The van der Waals surface area contributed by atoms with Crippen molar-refractivity contribution >= 4 is 22.7 Å². The molecular formula is C24H20N2OS. The van der Waals surface area contributed by atoms with Gasteiger partial charge in [0.2, 0.25) is 5.13 Å². The number of para-hydroxylation sites is 1. The van der Waals surface area contributed by atoms with Gasteiger partial charge in [-0.1, -0.05) is 83.6 Å². The molecule has 1 heterocycles. The average molecular weight is 385 g/mol. The second-order valence-corrected chi connectivity index (χ2v) is 7.38. The van der Waals surface area contributed by atoms with Crippen LogP contribution in [0.3, 0.4) is 0 Å². The van der Waals surface area contributed by atoms with Crippen LogP contribution in [-0.2, 0) is 0 Å². The van der Waals surface area contributed by atoms with Gasteiger partial charge >= 0.3 is 0 Å². The summed E-state index contributed by atoms with van der Waals surface area (Å²) in [5, 5.41) is 0.723. The molecule has 0 N–H and O–H groups in total. The third-order valence-corrected chi connectivity index (χ3v) is 5.44. The lowest BCUT2D eigenvalue weighted by molar-refractivity contribution is 0.414. The Kier molecular flexibility index (Phi) is 5.31. The van der Waals surface area contributed by atoms with Crippen molar-refractivity contribution in [2.24, 2.45) is 4.99 Å². The lowest BCUT2D eigenvalue weighted by Gasteiger charge is -2.03. The van der Waals surface area contributed by atoms with E-state index in [-0.39, 0.29) is 0 Å². The lowest BCUT2D eigenvalue weighted by Crippen LogP contribution is -1.89. The van der Waals surface area contributed by atoms with Crippen LogP contribution >= 0.6 is 11.3 Å². The molecule has 4 aromatic rings. The Morgan fingerprint density at radius 3 is 2.32 bits per heavy atom. The molecule has 28 heavy (non-hydrogen) atoms. The normalized spacial score (nSPS) is 11.1. The number of hydrogen-bond acceptors (Lipinski definition) is 4. The van der Waals surface area contributed by atoms with Crippen LogP contribution < -0.4 is 4.74 Å². The Bertz CT molecular complexity index is 1100. The number of aliphatic imine (C=N–C) groups is 1. The molecule has 3 nitrogen and oxygen atoms in total. The van der Waals surface area contributed by atoms with Gasteiger partial charge in [0.15, 0.2) is 0 Å². The monoisotopic (exact) mass is 384 g/mol. The summed E-state index contributed by atoms with van der Waals surface area (Å²) in [4.78, 5) is 10.6. The molecule has 0 atom stereocenters. The highest BCUT2D eigenvalue weighted by Gasteiger charge is 2.14. The maximum absolute atomic E-state index is 5.40. The van der Waals surface area contributed by atoms with Crippen LogP contribution in [0.15, 0.2) is 83.9 Å². The summed E-state index contributed by atoms with van der Waals surface area (Å²) in [6.45, 7) is 2.09. The fourth-order valence-electron chi connectivity index (χ4n) is 2.95. The van der Waals surface area contributed by atoms with E-state index in [2.05, 4.69) is 48.3 Å². The highest BCUT2D eigenvalue weighted by atomic mass is 32.1. The molecule has 0 saturated heterocycles. The molecule has 4 rings (SSSR count). The number of hydrogen-bond donors (Lipinski definition) is 0. The van der Waals surface area contributed by atoms with Crippen LogP contribution in [0.2, 0.25) is 0 Å². The van der Waals surface area contributed by atoms with Crippen LogP contribution in [0.1, 0.15) is 11.1 Å². The largest absolute Gasteiger partial charge is 0.496 e. The van der Waals surface area contributed by atoms with E-state index < -0.39 is 0 Å². The fourth-order valence-corrected chi connectivity index (χ4v) is 3.89. The maximum atomic E-state index is 5.40. The van der Waals surface area contributed by atoms with Gasteiger partial charge in [-0.15, -0.1) is 0 Å². The number of thiazole rings is 1. The van der Waals surface area contributed by atoms with E-state index in [1.54, 1.807) is 18.4 Å². The van der Waals surface area contributed by atoms with E-state index in [0.717, 1.165) is 38.1 Å². The number of methoxy groups -OCH3 is 1. The zero-order valence-electron chi connectivity index (χ0n) is 15.8. The van der Waals surface area contributed by atoms with Crippen molar-refractivity contribution in [2.75, 3.05) is 7.11 Å². The van der Waals surface area contributed by atoms with Gasteiger partial charge in [0, 0.05) is 17.3 Å². The van der Waals surface area contributed by atoms with Crippen molar-refractivity contribution < 1.29 is 4.74 Å². The van der Waals surface area contributed by atoms with E-state index in [0.29, 0.717) is 0 Å². The quantitative estimate of drug-likeness (QED) is 0.366. The summed E-state index contributed by atoms with van der Waals surface area (Å²) in [5.74, 6) is 0.796. The van der Waals surface area contributed by atoms with Crippen molar-refractivity contribution in [1.29, 1.82) is 0 Å². The molecule has 0 amide bonds. The molecule has 0 aliphatic carbocycles.